The predicted molar refractivity (Wildman–Crippen MR) is 49.5 cm³/mol. The van der Waals surface area contributed by atoms with Crippen LogP contribution in [0.3, 0.4) is 0 Å². The van der Waals surface area contributed by atoms with E-state index in [9.17, 15) is 4.79 Å². The Morgan fingerprint density at radius 1 is 1.17 bits per heavy atom. The lowest BCUT2D eigenvalue weighted by atomic mass is 10.3. The maximum Gasteiger partial charge on any atom is 0.258 e. The Morgan fingerprint density at radius 2 is 1.67 bits per heavy atom. The van der Waals surface area contributed by atoms with Gasteiger partial charge in [0.25, 0.3) is 6.08 Å². The van der Waals surface area contributed by atoms with Crippen LogP contribution in [0.15, 0.2) is 5.10 Å². The molecule has 0 radical (unpaired) electrons. The van der Waals surface area contributed by atoms with E-state index in [4.69, 9.17) is 0 Å². The van der Waals surface area contributed by atoms with Crippen LogP contribution in [0.4, 0.5) is 0 Å². The molecule has 0 aliphatic rings. The molecular weight excluding hydrogens is 152 g/mol. The van der Waals surface area contributed by atoms with Gasteiger partial charge in [0.1, 0.15) is 0 Å². The molecule has 0 rings (SSSR count). The first-order valence-electron chi connectivity index (χ1n) is 4.67. The zero-order chi connectivity index (χ0) is 9.23. The van der Waals surface area contributed by atoms with E-state index >= 15 is 0 Å². The van der Waals surface area contributed by atoms with Gasteiger partial charge in [-0.2, -0.15) is 0 Å². The molecule has 0 saturated carbocycles. The number of hydrogen-bond donors (Lipinski definition) is 0. The first kappa shape index (κ1) is 11.2. The molecule has 0 aromatic carbocycles. The van der Waals surface area contributed by atoms with Gasteiger partial charge in [-0.25, -0.2) is 4.79 Å². The molecule has 0 atom stereocenters. The number of carbonyl (C=O) groups excluding carboxylic acids is 1. The molecule has 0 aliphatic carbocycles. The fraction of sp³-hybridized carbons (Fsp3) is 0.889. The van der Waals surface area contributed by atoms with Crippen molar-refractivity contribution in [1.82, 2.24) is 5.01 Å². The Kier molecular flexibility index (Phi) is 7.71. The van der Waals surface area contributed by atoms with Crippen molar-refractivity contribution in [2.24, 2.45) is 5.10 Å². The molecular formula is C9H18N2O. The maximum atomic E-state index is 10.0. The quantitative estimate of drug-likeness (QED) is 0.333. The van der Waals surface area contributed by atoms with Crippen molar-refractivity contribution < 1.29 is 4.79 Å². The highest BCUT2D eigenvalue weighted by Gasteiger charge is 1.98. The van der Waals surface area contributed by atoms with E-state index in [1.54, 1.807) is 11.1 Å². The summed E-state index contributed by atoms with van der Waals surface area (Å²) in [4.78, 5) is 10.0. The van der Waals surface area contributed by atoms with Crippen molar-refractivity contribution in [2.75, 3.05) is 13.1 Å². The molecule has 0 aliphatic heterocycles. The minimum absolute atomic E-state index is 0.881. The van der Waals surface area contributed by atoms with Crippen LogP contribution >= 0.6 is 0 Å². The molecule has 0 heterocycles. The molecule has 0 saturated heterocycles. The van der Waals surface area contributed by atoms with Crippen LogP contribution in [0.1, 0.15) is 39.5 Å². The van der Waals surface area contributed by atoms with Crippen LogP contribution in [0.25, 0.3) is 0 Å². The van der Waals surface area contributed by atoms with Crippen molar-refractivity contribution in [3.8, 4) is 0 Å². The van der Waals surface area contributed by atoms with Gasteiger partial charge in [-0.3, -0.25) is 5.01 Å². The van der Waals surface area contributed by atoms with Gasteiger partial charge >= 0.3 is 0 Å². The lowest BCUT2D eigenvalue weighted by Crippen LogP contribution is -2.19. The Hall–Kier alpha value is -0.820. The van der Waals surface area contributed by atoms with Gasteiger partial charge in [0.05, 0.1) is 0 Å². The van der Waals surface area contributed by atoms with E-state index in [1.165, 1.54) is 0 Å². The average Bonchev–Trinajstić information content (AvgIpc) is 2.10. The van der Waals surface area contributed by atoms with Crippen molar-refractivity contribution in [3.05, 3.63) is 0 Å². The summed E-state index contributed by atoms with van der Waals surface area (Å²) < 4.78 is 0. The molecule has 3 heteroatoms. The van der Waals surface area contributed by atoms with Crippen LogP contribution in [0, 0.1) is 0 Å². The summed E-state index contributed by atoms with van der Waals surface area (Å²) in [6.45, 7) is 6.02. The van der Waals surface area contributed by atoms with Gasteiger partial charge in [0, 0.05) is 13.1 Å². The SMILES string of the molecule is CCCCN(CCCC)N=C=O. The Morgan fingerprint density at radius 3 is 2.00 bits per heavy atom. The molecule has 12 heavy (non-hydrogen) atoms. The summed E-state index contributed by atoms with van der Waals surface area (Å²) in [5.74, 6) is 0. The third-order valence-corrected chi connectivity index (χ3v) is 1.72. The van der Waals surface area contributed by atoms with E-state index in [0.717, 1.165) is 38.8 Å². The van der Waals surface area contributed by atoms with Crippen molar-refractivity contribution >= 4 is 6.08 Å². The van der Waals surface area contributed by atoms with Crippen LogP contribution in [-0.4, -0.2) is 24.2 Å². The lowest BCUT2D eigenvalue weighted by Gasteiger charge is -2.15. The second-order valence-corrected chi connectivity index (χ2v) is 2.85. The predicted octanol–water partition coefficient (Wildman–Crippen LogP) is 2.14. The van der Waals surface area contributed by atoms with Gasteiger partial charge < -0.3 is 0 Å². The lowest BCUT2D eigenvalue weighted by molar-refractivity contribution is 0.277. The first-order valence-corrected chi connectivity index (χ1v) is 4.67. The van der Waals surface area contributed by atoms with Crippen LogP contribution in [0.5, 0.6) is 0 Å². The number of nitrogens with zero attached hydrogens (tertiary/aromatic N) is 2. The third kappa shape index (κ3) is 5.93. The fourth-order valence-electron chi connectivity index (χ4n) is 0.951. The number of hydrogen-bond acceptors (Lipinski definition) is 3. The van der Waals surface area contributed by atoms with E-state index in [-0.39, 0.29) is 0 Å². The molecule has 0 bridgehead atoms. The van der Waals surface area contributed by atoms with Crippen LogP contribution in [0.2, 0.25) is 0 Å². The molecule has 0 amide bonds. The zero-order valence-corrected chi connectivity index (χ0v) is 8.05. The van der Waals surface area contributed by atoms with E-state index in [1.807, 2.05) is 0 Å². The van der Waals surface area contributed by atoms with Gasteiger partial charge in [-0.1, -0.05) is 31.8 Å². The summed E-state index contributed by atoms with van der Waals surface area (Å²) in [6, 6.07) is 0. The summed E-state index contributed by atoms with van der Waals surface area (Å²) in [6.07, 6.45) is 6.04. The molecule has 0 fully saturated rings. The Labute approximate surface area is 74.4 Å². The monoisotopic (exact) mass is 170 g/mol. The minimum atomic E-state index is 0.881. The second-order valence-electron chi connectivity index (χ2n) is 2.85. The number of isocyanates is 1. The summed E-state index contributed by atoms with van der Waals surface area (Å²) >= 11 is 0. The maximum absolute atomic E-state index is 10.0. The molecule has 3 nitrogen and oxygen atoms in total. The van der Waals surface area contributed by atoms with Crippen molar-refractivity contribution in [1.29, 1.82) is 0 Å². The minimum Gasteiger partial charge on any atom is -0.286 e. The van der Waals surface area contributed by atoms with Crippen molar-refractivity contribution in [2.45, 2.75) is 39.5 Å². The molecule has 0 aromatic heterocycles. The summed E-state index contributed by atoms with van der Waals surface area (Å²) in [5.41, 5.74) is 0. The van der Waals surface area contributed by atoms with Gasteiger partial charge in [-0.15, -0.1) is 0 Å². The van der Waals surface area contributed by atoms with E-state index < -0.39 is 0 Å². The second kappa shape index (κ2) is 8.28. The smallest absolute Gasteiger partial charge is 0.258 e. The summed E-state index contributed by atoms with van der Waals surface area (Å²) in [5, 5.41) is 5.43. The van der Waals surface area contributed by atoms with Gasteiger partial charge in [-0.05, 0) is 12.8 Å². The Balaban J connectivity index is 3.61. The fourth-order valence-corrected chi connectivity index (χ4v) is 0.951. The van der Waals surface area contributed by atoms with E-state index in [0.29, 0.717) is 0 Å². The van der Waals surface area contributed by atoms with Gasteiger partial charge in [0.2, 0.25) is 0 Å². The normalized spacial score (nSPS) is 9.17. The van der Waals surface area contributed by atoms with Crippen LogP contribution < -0.4 is 0 Å². The largest absolute Gasteiger partial charge is 0.286 e. The average molecular weight is 170 g/mol. The number of rotatable bonds is 7. The number of unbranched alkanes of at least 4 members (excludes halogenated alkanes) is 2. The highest BCUT2D eigenvalue weighted by atomic mass is 16.1. The Bertz CT molecular complexity index is 133. The highest BCUT2D eigenvalue weighted by molar-refractivity contribution is 5.32. The highest BCUT2D eigenvalue weighted by Crippen LogP contribution is 1.98. The molecule has 0 aromatic rings. The third-order valence-electron chi connectivity index (χ3n) is 1.72. The summed E-state index contributed by atoms with van der Waals surface area (Å²) in [7, 11) is 0. The zero-order valence-electron chi connectivity index (χ0n) is 8.05. The first-order chi connectivity index (χ1) is 5.85. The number of hydrazone groups is 1. The topological polar surface area (TPSA) is 32.7 Å². The molecule has 0 spiro atoms. The van der Waals surface area contributed by atoms with Gasteiger partial charge in [0.15, 0.2) is 0 Å². The van der Waals surface area contributed by atoms with E-state index in [2.05, 4.69) is 18.9 Å². The molecule has 70 valence electrons. The van der Waals surface area contributed by atoms with Crippen molar-refractivity contribution in [3.63, 3.8) is 0 Å². The molecule has 0 unspecified atom stereocenters. The molecule has 0 N–H and O–H groups in total. The van der Waals surface area contributed by atoms with Crippen LogP contribution in [-0.2, 0) is 4.79 Å². The standard InChI is InChI=1S/C9H18N2O/c1-3-5-7-11(10-9-12)8-6-4-2/h3-8H2,1-2H3.